The Morgan fingerprint density at radius 3 is 2.62 bits per heavy atom. The van der Waals surface area contributed by atoms with Crippen LogP contribution in [0, 0.1) is 0 Å². The third-order valence-electron chi connectivity index (χ3n) is 2.19. The lowest BCUT2D eigenvalue weighted by Gasteiger charge is -2.15. The standard InChI is InChI=1S/C12H16O4/c1-8(2)9-5-4-6-10(15-3)12(9)16-7-11(13)14/h4-6,8H,7H2,1-3H3,(H,13,14). The molecular weight excluding hydrogens is 208 g/mol. The Kier molecular flexibility index (Phi) is 4.17. The Labute approximate surface area is 94.8 Å². The fraction of sp³-hybridized carbons (Fsp3) is 0.417. The second-order valence-corrected chi connectivity index (χ2v) is 3.72. The van der Waals surface area contributed by atoms with E-state index in [-0.39, 0.29) is 12.5 Å². The maximum atomic E-state index is 10.5. The van der Waals surface area contributed by atoms with E-state index in [0.29, 0.717) is 11.5 Å². The maximum absolute atomic E-state index is 10.5. The van der Waals surface area contributed by atoms with Crippen LogP contribution in [0.4, 0.5) is 0 Å². The molecule has 0 spiro atoms. The molecule has 1 aromatic carbocycles. The van der Waals surface area contributed by atoms with E-state index in [1.807, 2.05) is 26.0 Å². The van der Waals surface area contributed by atoms with E-state index < -0.39 is 5.97 Å². The number of carboxylic acid groups (broad SMARTS) is 1. The number of hydrogen-bond acceptors (Lipinski definition) is 3. The van der Waals surface area contributed by atoms with Gasteiger partial charge < -0.3 is 14.6 Å². The molecule has 4 heteroatoms. The van der Waals surface area contributed by atoms with Crippen molar-refractivity contribution in [2.75, 3.05) is 13.7 Å². The molecule has 0 amide bonds. The first-order chi connectivity index (χ1) is 7.56. The van der Waals surface area contributed by atoms with Gasteiger partial charge >= 0.3 is 5.97 Å². The highest BCUT2D eigenvalue weighted by atomic mass is 16.5. The summed E-state index contributed by atoms with van der Waals surface area (Å²) in [4.78, 5) is 10.5. The number of hydrogen-bond donors (Lipinski definition) is 1. The summed E-state index contributed by atoms with van der Waals surface area (Å²) in [6, 6.07) is 5.52. The van der Waals surface area contributed by atoms with Crippen LogP contribution in [-0.2, 0) is 4.79 Å². The third kappa shape index (κ3) is 2.89. The molecule has 0 bridgehead atoms. The molecule has 0 aromatic heterocycles. The van der Waals surface area contributed by atoms with Gasteiger partial charge in [-0.05, 0) is 12.0 Å². The van der Waals surface area contributed by atoms with Crippen LogP contribution in [-0.4, -0.2) is 24.8 Å². The zero-order chi connectivity index (χ0) is 12.1. The molecule has 1 N–H and O–H groups in total. The lowest BCUT2D eigenvalue weighted by Crippen LogP contribution is -2.11. The lowest BCUT2D eigenvalue weighted by molar-refractivity contribution is -0.139. The van der Waals surface area contributed by atoms with E-state index in [1.54, 1.807) is 6.07 Å². The lowest BCUT2D eigenvalue weighted by atomic mass is 10.0. The van der Waals surface area contributed by atoms with Gasteiger partial charge in [-0.15, -0.1) is 0 Å². The molecule has 0 aliphatic heterocycles. The maximum Gasteiger partial charge on any atom is 0.341 e. The number of para-hydroxylation sites is 1. The Balaban J connectivity index is 3.04. The highest BCUT2D eigenvalue weighted by Crippen LogP contribution is 2.35. The van der Waals surface area contributed by atoms with Gasteiger partial charge in [0.15, 0.2) is 18.1 Å². The quantitative estimate of drug-likeness (QED) is 0.833. The summed E-state index contributed by atoms with van der Waals surface area (Å²) in [7, 11) is 1.53. The van der Waals surface area contributed by atoms with Crippen LogP contribution in [0.25, 0.3) is 0 Å². The van der Waals surface area contributed by atoms with Gasteiger partial charge in [0.05, 0.1) is 7.11 Å². The zero-order valence-corrected chi connectivity index (χ0v) is 9.69. The highest BCUT2D eigenvalue weighted by molar-refractivity contribution is 5.68. The third-order valence-corrected chi connectivity index (χ3v) is 2.19. The molecular formula is C12H16O4. The summed E-state index contributed by atoms with van der Waals surface area (Å²) in [5, 5.41) is 8.60. The first-order valence-electron chi connectivity index (χ1n) is 5.07. The molecule has 0 aliphatic carbocycles. The zero-order valence-electron chi connectivity index (χ0n) is 9.69. The van der Waals surface area contributed by atoms with Gasteiger partial charge in [0.25, 0.3) is 0 Å². The van der Waals surface area contributed by atoms with Gasteiger partial charge in [-0.3, -0.25) is 0 Å². The number of rotatable bonds is 5. The average Bonchev–Trinajstić information content (AvgIpc) is 2.25. The molecule has 0 heterocycles. The van der Waals surface area contributed by atoms with Crippen LogP contribution >= 0.6 is 0 Å². The molecule has 0 unspecified atom stereocenters. The smallest absolute Gasteiger partial charge is 0.341 e. The van der Waals surface area contributed by atoms with Crippen LogP contribution in [0.3, 0.4) is 0 Å². The number of ether oxygens (including phenoxy) is 2. The van der Waals surface area contributed by atoms with Gasteiger partial charge in [0.2, 0.25) is 0 Å². The molecule has 0 aliphatic rings. The number of methoxy groups -OCH3 is 1. The van der Waals surface area contributed by atoms with Crippen molar-refractivity contribution in [3.63, 3.8) is 0 Å². The predicted molar refractivity (Wildman–Crippen MR) is 60.2 cm³/mol. The van der Waals surface area contributed by atoms with Gasteiger partial charge in [-0.25, -0.2) is 4.79 Å². The monoisotopic (exact) mass is 224 g/mol. The summed E-state index contributed by atoms with van der Waals surface area (Å²) in [6.45, 7) is 3.67. The highest BCUT2D eigenvalue weighted by Gasteiger charge is 2.14. The fourth-order valence-corrected chi connectivity index (χ4v) is 1.44. The minimum Gasteiger partial charge on any atom is -0.493 e. The number of aliphatic carboxylic acids is 1. The van der Waals surface area contributed by atoms with Crippen LogP contribution in [0.5, 0.6) is 11.5 Å². The minimum absolute atomic E-state index is 0.249. The molecule has 0 radical (unpaired) electrons. The van der Waals surface area contributed by atoms with E-state index in [1.165, 1.54) is 7.11 Å². The topological polar surface area (TPSA) is 55.8 Å². The summed E-state index contributed by atoms with van der Waals surface area (Å²) >= 11 is 0. The summed E-state index contributed by atoms with van der Waals surface area (Å²) < 4.78 is 10.4. The second-order valence-electron chi connectivity index (χ2n) is 3.72. The molecule has 16 heavy (non-hydrogen) atoms. The van der Waals surface area contributed by atoms with Crippen molar-refractivity contribution >= 4 is 5.97 Å². The van der Waals surface area contributed by atoms with E-state index in [0.717, 1.165) is 5.56 Å². The molecule has 0 atom stereocenters. The molecule has 0 saturated carbocycles. The molecule has 0 saturated heterocycles. The largest absolute Gasteiger partial charge is 0.493 e. The molecule has 1 rings (SSSR count). The van der Waals surface area contributed by atoms with E-state index in [9.17, 15) is 4.79 Å². The minimum atomic E-state index is -0.999. The van der Waals surface area contributed by atoms with Crippen molar-refractivity contribution in [3.05, 3.63) is 23.8 Å². The number of carboxylic acids is 1. The Morgan fingerprint density at radius 2 is 2.12 bits per heavy atom. The summed E-state index contributed by atoms with van der Waals surface area (Å²) in [6.07, 6.45) is 0. The van der Waals surface area contributed by atoms with Crippen LogP contribution in [0.15, 0.2) is 18.2 Å². The average molecular weight is 224 g/mol. The van der Waals surface area contributed by atoms with Crippen molar-refractivity contribution in [1.29, 1.82) is 0 Å². The van der Waals surface area contributed by atoms with E-state index in [2.05, 4.69) is 0 Å². The Hall–Kier alpha value is -1.71. The molecule has 1 aromatic rings. The molecule has 88 valence electrons. The SMILES string of the molecule is COc1cccc(C(C)C)c1OCC(=O)O. The van der Waals surface area contributed by atoms with Gasteiger partial charge in [0, 0.05) is 5.56 Å². The van der Waals surface area contributed by atoms with Crippen LogP contribution < -0.4 is 9.47 Å². The van der Waals surface area contributed by atoms with Crippen molar-refractivity contribution < 1.29 is 19.4 Å². The van der Waals surface area contributed by atoms with E-state index in [4.69, 9.17) is 14.6 Å². The molecule has 4 nitrogen and oxygen atoms in total. The van der Waals surface area contributed by atoms with Gasteiger partial charge in [-0.1, -0.05) is 26.0 Å². The van der Waals surface area contributed by atoms with Crippen molar-refractivity contribution in [1.82, 2.24) is 0 Å². The van der Waals surface area contributed by atoms with Crippen molar-refractivity contribution in [2.24, 2.45) is 0 Å². The Morgan fingerprint density at radius 1 is 1.44 bits per heavy atom. The van der Waals surface area contributed by atoms with Crippen molar-refractivity contribution in [2.45, 2.75) is 19.8 Å². The first kappa shape index (κ1) is 12.4. The van der Waals surface area contributed by atoms with Crippen molar-refractivity contribution in [3.8, 4) is 11.5 Å². The molecule has 0 fully saturated rings. The predicted octanol–water partition coefficient (Wildman–Crippen LogP) is 2.28. The second kappa shape index (κ2) is 5.39. The normalized spacial score (nSPS) is 10.2. The Bertz CT molecular complexity index is 371. The number of benzene rings is 1. The van der Waals surface area contributed by atoms with Crippen LogP contribution in [0.2, 0.25) is 0 Å². The van der Waals surface area contributed by atoms with E-state index >= 15 is 0 Å². The van der Waals surface area contributed by atoms with Crippen LogP contribution in [0.1, 0.15) is 25.3 Å². The first-order valence-corrected chi connectivity index (χ1v) is 5.07. The van der Waals surface area contributed by atoms with Gasteiger partial charge in [-0.2, -0.15) is 0 Å². The fourth-order valence-electron chi connectivity index (χ4n) is 1.44. The summed E-state index contributed by atoms with van der Waals surface area (Å²) in [5.74, 6) is 0.328. The number of carbonyl (C=O) groups is 1. The summed E-state index contributed by atoms with van der Waals surface area (Å²) in [5.41, 5.74) is 0.945. The van der Waals surface area contributed by atoms with Gasteiger partial charge in [0.1, 0.15) is 0 Å².